The number of hydrogen-bond acceptors (Lipinski definition) is 3. The van der Waals surface area contributed by atoms with Crippen LogP contribution in [-0.4, -0.2) is 25.5 Å². The molecular weight excluding hydrogens is 437 g/mol. The Bertz CT molecular complexity index is 1020. The highest BCUT2D eigenvalue weighted by Gasteiger charge is 2.28. The third-order valence-corrected chi connectivity index (χ3v) is 4.63. The summed E-state index contributed by atoms with van der Waals surface area (Å²) in [6.45, 7) is -0.376. The van der Waals surface area contributed by atoms with Gasteiger partial charge < -0.3 is 5.32 Å². The van der Waals surface area contributed by atoms with E-state index < -0.39 is 41.7 Å². The van der Waals surface area contributed by atoms with Crippen molar-refractivity contribution < 1.29 is 22.4 Å². The second-order valence-electron chi connectivity index (χ2n) is 5.91. The Morgan fingerprint density at radius 2 is 1.86 bits per heavy atom. The Morgan fingerprint density at radius 1 is 1.14 bits per heavy atom. The first-order valence-electron chi connectivity index (χ1n) is 8.14. The number of amides is 1. The zero-order valence-corrected chi connectivity index (χ0v) is 16.0. The van der Waals surface area contributed by atoms with Crippen molar-refractivity contribution in [3.8, 4) is 0 Å². The lowest BCUT2D eigenvalue weighted by Gasteiger charge is -2.07. The van der Waals surface area contributed by atoms with Crippen molar-refractivity contribution in [1.29, 1.82) is 0 Å². The van der Waals surface area contributed by atoms with Crippen LogP contribution in [0.15, 0.2) is 36.7 Å². The SMILES string of the molecule is O=C(Cn1nc(C(F)F)c(Cl)c1C(F)F)Nc1cnn(Cc2ccccc2Cl)c1. The van der Waals surface area contributed by atoms with E-state index in [1.807, 2.05) is 12.1 Å². The first-order valence-corrected chi connectivity index (χ1v) is 8.90. The Balaban J connectivity index is 1.70. The molecule has 0 atom stereocenters. The number of benzene rings is 1. The van der Waals surface area contributed by atoms with Crippen molar-refractivity contribution in [2.24, 2.45) is 0 Å². The normalized spacial score (nSPS) is 11.4. The summed E-state index contributed by atoms with van der Waals surface area (Å²) in [7, 11) is 0. The maximum Gasteiger partial charge on any atom is 0.283 e. The van der Waals surface area contributed by atoms with Crippen molar-refractivity contribution in [1.82, 2.24) is 19.6 Å². The van der Waals surface area contributed by atoms with Gasteiger partial charge in [-0.05, 0) is 11.6 Å². The molecule has 0 spiro atoms. The average molecular weight is 450 g/mol. The minimum atomic E-state index is -3.17. The standard InChI is InChI=1S/C17H13Cl2F4N5O/c18-11-4-2-1-3-9(11)6-27-7-10(5-24-27)25-12(29)8-28-15(17(22)23)13(19)14(26-28)16(20)21/h1-5,7,16-17H,6,8H2,(H,25,29). The Morgan fingerprint density at radius 3 is 2.52 bits per heavy atom. The Labute approximate surface area is 172 Å². The Hall–Kier alpha value is -2.59. The summed E-state index contributed by atoms with van der Waals surface area (Å²) < 4.78 is 54.0. The van der Waals surface area contributed by atoms with Crippen molar-refractivity contribution in [3.05, 3.63) is 63.7 Å². The van der Waals surface area contributed by atoms with E-state index in [1.54, 1.807) is 12.1 Å². The number of alkyl halides is 4. The van der Waals surface area contributed by atoms with Crippen molar-refractivity contribution in [2.45, 2.75) is 25.9 Å². The monoisotopic (exact) mass is 449 g/mol. The molecule has 0 saturated heterocycles. The second kappa shape index (κ2) is 8.83. The second-order valence-corrected chi connectivity index (χ2v) is 6.69. The molecule has 1 N–H and O–H groups in total. The van der Waals surface area contributed by atoms with Crippen molar-refractivity contribution >= 4 is 34.8 Å². The molecule has 0 fully saturated rings. The molecule has 0 aliphatic carbocycles. The van der Waals surface area contributed by atoms with Crippen LogP contribution in [0.1, 0.15) is 29.8 Å². The van der Waals surface area contributed by atoms with Crippen LogP contribution in [0, 0.1) is 0 Å². The molecule has 0 bridgehead atoms. The summed E-state index contributed by atoms with van der Waals surface area (Å²) in [5, 5.41) is 9.57. The van der Waals surface area contributed by atoms with E-state index in [-0.39, 0.29) is 5.69 Å². The lowest BCUT2D eigenvalue weighted by atomic mass is 10.2. The van der Waals surface area contributed by atoms with E-state index in [0.29, 0.717) is 16.2 Å². The molecule has 12 heteroatoms. The summed E-state index contributed by atoms with van der Waals surface area (Å²) in [6, 6.07) is 7.15. The van der Waals surface area contributed by atoms with Gasteiger partial charge in [0.05, 0.1) is 23.5 Å². The molecule has 6 nitrogen and oxygen atoms in total. The van der Waals surface area contributed by atoms with Crippen molar-refractivity contribution in [2.75, 3.05) is 5.32 Å². The predicted octanol–water partition coefficient (Wildman–Crippen LogP) is 4.95. The highest BCUT2D eigenvalue weighted by molar-refractivity contribution is 6.32. The molecule has 3 rings (SSSR count). The number of halogens is 6. The van der Waals surface area contributed by atoms with E-state index in [4.69, 9.17) is 23.2 Å². The number of nitrogens with zero attached hydrogens (tertiary/aromatic N) is 4. The highest BCUT2D eigenvalue weighted by Crippen LogP contribution is 2.34. The first-order chi connectivity index (χ1) is 13.8. The number of rotatable bonds is 7. The quantitative estimate of drug-likeness (QED) is 0.519. The summed E-state index contributed by atoms with van der Waals surface area (Å²) in [5.41, 5.74) is -0.843. The number of nitrogens with one attached hydrogen (secondary N) is 1. The van der Waals surface area contributed by atoms with E-state index in [0.717, 1.165) is 5.56 Å². The van der Waals surface area contributed by atoms with E-state index in [9.17, 15) is 22.4 Å². The van der Waals surface area contributed by atoms with Gasteiger partial charge in [-0.25, -0.2) is 17.6 Å². The number of carbonyl (C=O) groups excluding carboxylic acids is 1. The van der Waals surface area contributed by atoms with Gasteiger partial charge in [0.1, 0.15) is 17.9 Å². The average Bonchev–Trinajstić information content (AvgIpc) is 3.20. The molecule has 0 aliphatic rings. The predicted molar refractivity (Wildman–Crippen MR) is 98.6 cm³/mol. The van der Waals surface area contributed by atoms with Gasteiger partial charge in [-0.3, -0.25) is 14.2 Å². The molecule has 2 heterocycles. The lowest BCUT2D eigenvalue weighted by molar-refractivity contribution is -0.117. The molecule has 0 aliphatic heterocycles. The van der Waals surface area contributed by atoms with Gasteiger partial charge in [-0.15, -0.1) is 0 Å². The first kappa shape index (κ1) is 21.1. The fourth-order valence-electron chi connectivity index (χ4n) is 2.59. The molecular formula is C17H13Cl2F4N5O. The van der Waals surface area contributed by atoms with Crippen LogP contribution in [-0.2, 0) is 17.9 Å². The smallest absolute Gasteiger partial charge is 0.283 e. The van der Waals surface area contributed by atoms with Gasteiger partial charge in [-0.2, -0.15) is 10.2 Å². The minimum absolute atomic E-state index is 0.285. The number of hydrogen-bond donors (Lipinski definition) is 1. The van der Waals surface area contributed by atoms with E-state index in [2.05, 4.69) is 15.5 Å². The molecule has 2 aromatic heterocycles. The zero-order chi connectivity index (χ0) is 21.1. The fourth-order valence-corrected chi connectivity index (χ4v) is 3.09. The maximum atomic E-state index is 13.1. The number of carbonyl (C=O) groups is 1. The molecule has 0 unspecified atom stereocenters. The Kier molecular flexibility index (Phi) is 6.43. The molecule has 0 radical (unpaired) electrons. The molecule has 1 aromatic carbocycles. The van der Waals surface area contributed by atoms with Crippen LogP contribution < -0.4 is 5.32 Å². The van der Waals surface area contributed by atoms with Crippen LogP contribution in [0.5, 0.6) is 0 Å². The zero-order valence-electron chi connectivity index (χ0n) is 14.5. The van der Waals surface area contributed by atoms with Gasteiger partial charge in [0.15, 0.2) is 0 Å². The van der Waals surface area contributed by atoms with Gasteiger partial charge in [-0.1, -0.05) is 41.4 Å². The highest BCUT2D eigenvalue weighted by atomic mass is 35.5. The summed E-state index contributed by atoms with van der Waals surface area (Å²) >= 11 is 11.6. The van der Waals surface area contributed by atoms with Gasteiger partial charge in [0, 0.05) is 11.2 Å². The largest absolute Gasteiger partial charge is 0.322 e. The molecule has 0 saturated carbocycles. The van der Waals surface area contributed by atoms with E-state index >= 15 is 0 Å². The van der Waals surface area contributed by atoms with Crippen LogP contribution in [0.25, 0.3) is 0 Å². The molecule has 154 valence electrons. The molecule has 29 heavy (non-hydrogen) atoms. The molecule has 1 amide bonds. The minimum Gasteiger partial charge on any atom is -0.322 e. The lowest BCUT2D eigenvalue weighted by Crippen LogP contribution is -2.21. The van der Waals surface area contributed by atoms with Gasteiger partial charge in [0.25, 0.3) is 12.9 Å². The summed E-state index contributed by atoms with van der Waals surface area (Å²) in [4.78, 5) is 12.2. The van der Waals surface area contributed by atoms with Crippen LogP contribution in [0.4, 0.5) is 23.2 Å². The number of aromatic nitrogens is 4. The third-order valence-electron chi connectivity index (χ3n) is 3.87. The van der Waals surface area contributed by atoms with Gasteiger partial charge >= 0.3 is 0 Å². The van der Waals surface area contributed by atoms with Crippen LogP contribution >= 0.6 is 23.2 Å². The maximum absolute atomic E-state index is 13.1. The van der Waals surface area contributed by atoms with Gasteiger partial charge in [0.2, 0.25) is 5.91 Å². The molecule has 3 aromatic rings. The van der Waals surface area contributed by atoms with Crippen molar-refractivity contribution in [3.63, 3.8) is 0 Å². The van der Waals surface area contributed by atoms with Crippen LogP contribution in [0.2, 0.25) is 10.0 Å². The number of anilines is 1. The summed E-state index contributed by atoms with van der Waals surface area (Å²) in [6.07, 6.45) is -3.46. The topological polar surface area (TPSA) is 64.7 Å². The fraction of sp³-hybridized carbons (Fsp3) is 0.235. The summed E-state index contributed by atoms with van der Waals surface area (Å²) in [5.74, 6) is -0.760. The van der Waals surface area contributed by atoms with Crippen LogP contribution in [0.3, 0.4) is 0 Å². The van der Waals surface area contributed by atoms with E-state index in [1.165, 1.54) is 17.1 Å². The third kappa shape index (κ3) is 4.88.